The van der Waals surface area contributed by atoms with Gasteiger partial charge >= 0.3 is 6.03 Å². The summed E-state index contributed by atoms with van der Waals surface area (Å²) in [6.07, 6.45) is 1.98. The van der Waals surface area contributed by atoms with Gasteiger partial charge in [0.15, 0.2) is 0 Å². The lowest BCUT2D eigenvalue weighted by Crippen LogP contribution is -2.50. The van der Waals surface area contributed by atoms with Crippen molar-refractivity contribution in [1.82, 2.24) is 15.5 Å². The van der Waals surface area contributed by atoms with Crippen molar-refractivity contribution in [2.75, 3.05) is 26.2 Å². The van der Waals surface area contributed by atoms with Gasteiger partial charge in [0.1, 0.15) is 0 Å². The Morgan fingerprint density at radius 3 is 2.44 bits per heavy atom. The average Bonchev–Trinajstić information content (AvgIpc) is 2.33. The first-order valence-electron chi connectivity index (χ1n) is 6.50. The number of amides is 3. The quantitative estimate of drug-likeness (QED) is 0.586. The second-order valence-corrected chi connectivity index (χ2v) is 4.14. The lowest BCUT2D eigenvalue weighted by atomic mass is 10.2. The van der Waals surface area contributed by atoms with Gasteiger partial charge < -0.3 is 10.4 Å². The molecule has 18 heavy (non-hydrogen) atoms. The molecule has 3 N–H and O–H groups in total. The molecule has 0 radical (unpaired) electrons. The van der Waals surface area contributed by atoms with Crippen molar-refractivity contribution < 1.29 is 14.7 Å². The SMILES string of the molecule is CCCCN(CCO)C(C)C(=O)NC(=O)NCC. The number of nitrogens with zero attached hydrogens (tertiary/aromatic N) is 1. The summed E-state index contributed by atoms with van der Waals surface area (Å²) in [5.74, 6) is -0.342. The molecule has 0 fully saturated rings. The minimum Gasteiger partial charge on any atom is -0.395 e. The van der Waals surface area contributed by atoms with E-state index < -0.39 is 12.1 Å². The van der Waals surface area contributed by atoms with Crippen molar-refractivity contribution in [2.45, 2.75) is 39.7 Å². The third kappa shape index (κ3) is 6.56. The highest BCUT2D eigenvalue weighted by molar-refractivity contribution is 5.96. The van der Waals surface area contributed by atoms with E-state index in [0.29, 0.717) is 13.1 Å². The van der Waals surface area contributed by atoms with Gasteiger partial charge in [0, 0.05) is 13.1 Å². The van der Waals surface area contributed by atoms with E-state index >= 15 is 0 Å². The lowest BCUT2D eigenvalue weighted by Gasteiger charge is -2.27. The van der Waals surface area contributed by atoms with Crippen LogP contribution in [0.25, 0.3) is 0 Å². The summed E-state index contributed by atoms with van der Waals surface area (Å²) < 4.78 is 0. The van der Waals surface area contributed by atoms with Crippen LogP contribution in [0.3, 0.4) is 0 Å². The smallest absolute Gasteiger partial charge is 0.321 e. The molecule has 3 amide bonds. The van der Waals surface area contributed by atoms with Crippen molar-refractivity contribution in [3.8, 4) is 0 Å². The molecule has 1 atom stereocenters. The highest BCUT2D eigenvalue weighted by atomic mass is 16.3. The van der Waals surface area contributed by atoms with E-state index in [1.807, 2.05) is 4.90 Å². The van der Waals surface area contributed by atoms with E-state index in [2.05, 4.69) is 17.6 Å². The summed E-state index contributed by atoms with van der Waals surface area (Å²) in [4.78, 5) is 24.9. The number of hydrogen-bond donors (Lipinski definition) is 3. The first kappa shape index (κ1) is 16.9. The summed E-state index contributed by atoms with van der Waals surface area (Å²) in [6, 6.07) is -0.903. The van der Waals surface area contributed by atoms with Crippen LogP contribution in [-0.4, -0.2) is 54.2 Å². The number of carbonyl (C=O) groups is 2. The predicted molar refractivity (Wildman–Crippen MR) is 70.2 cm³/mol. The Balaban J connectivity index is 4.31. The van der Waals surface area contributed by atoms with Crippen LogP contribution in [0, 0.1) is 0 Å². The van der Waals surface area contributed by atoms with Crippen LogP contribution in [0.4, 0.5) is 4.79 Å². The molecule has 1 unspecified atom stereocenters. The monoisotopic (exact) mass is 259 g/mol. The zero-order valence-electron chi connectivity index (χ0n) is 11.5. The minimum atomic E-state index is -0.478. The number of hydrogen-bond acceptors (Lipinski definition) is 4. The van der Waals surface area contributed by atoms with Crippen LogP contribution in [0.2, 0.25) is 0 Å². The molecule has 0 aromatic heterocycles. The van der Waals surface area contributed by atoms with Crippen molar-refractivity contribution >= 4 is 11.9 Å². The molecular weight excluding hydrogens is 234 g/mol. The van der Waals surface area contributed by atoms with Gasteiger partial charge in [-0.15, -0.1) is 0 Å². The molecule has 0 aromatic rings. The summed E-state index contributed by atoms with van der Waals surface area (Å²) in [5, 5.41) is 13.8. The number of rotatable bonds is 8. The predicted octanol–water partition coefficient (Wildman–Crippen LogP) is 0.315. The van der Waals surface area contributed by atoms with Crippen LogP contribution < -0.4 is 10.6 Å². The topological polar surface area (TPSA) is 81.7 Å². The van der Waals surface area contributed by atoms with Crippen LogP contribution in [0.5, 0.6) is 0 Å². The second-order valence-electron chi connectivity index (χ2n) is 4.14. The number of nitrogens with one attached hydrogen (secondary N) is 2. The molecule has 6 nitrogen and oxygen atoms in total. The Morgan fingerprint density at radius 1 is 1.28 bits per heavy atom. The highest BCUT2D eigenvalue weighted by Gasteiger charge is 2.21. The van der Waals surface area contributed by atoms with Gasteiger partial charge in [-0.25, -0.2) is 4.79 Å². The molecule has 0 aliphatic carbocycles. The number of imide groups is 1. The van der Waals surface area contributed by atoms with Crippen molar-refractivity contribution in [2.24, 2.45) is 0 Å². The molecule has 6 heteroatoms. The van der Waals surface area contributed by atoms with Gasteiger partial charge in [-0.1, -0.05) is 13.3 Å². The van der Waals surface area contributed by atoms with E-state index in [0.717, 1.165) is 19.4 Å². The van der Waals surface area contributed by atoms with E-state index in [4.69, 9.17) is 5.11 Å². The molecule has 0 saturated carbocycles. The van der Waals surface area contributed by atoms with Gasteiger partial charge in [0.05, 0.1) is 12.6 Å². The Kier molecular flexibility index (Phi) is 9.22. The molecule has 0 aromatic carbocycles. The fourth-order valence-electron chi connectivity index (χ4n) is 1.58. The highest BCUT2D eigenvalue weighted by Crippen LogP contribution is 2.02. The Labute approximate surface area is 109 Å². The number of unbranched alkanes of at least 4 members (excludes halogenated alkanes) is 1. The number of aliphatic hydroxyl groups is 1. The van der Waals surface area contributed by atoms with Crippen LogP contribution in [0.15, 0.2) is 0 Å². The maximum atomic E-state index is 11.8. The van der Waals surface area contributed by atoms with Crippen LogP contribution in [-0.2, 0) is 4.79 Å². The summed E-state index contributed by atoms with van der Waals surface area (Å²) in [5.41, 5.74) is 0. The van der Waals surface area contributed by atoms with E-state index in [9.17, 15) is 9.59 Å². The number of urea groups is 1. The first-order valence-corrected chi connectivity index (χ1v) is 6.50. The lowest BCUT2D eigenvalue weighted by molar-refractivity contribution is -0.124. The molecule has 0 aliphatic rings. The van der Waals surface area contributed by atoms with Gasteiger partial charge in [-0.3, -0.25) is 15.0 Å². The zero-order chi connectivity index (χ0) is 14.0. The third-order valence-electron chi connectivity index (χ3n) is 2.69. The molecular formula is C12H25N3O3. The summed E-state index contributed by atoms with van der Waals surface area (Å²) >= 11 is 0. The molecule has 0 rings (SSSR count). The molecule has 0 heterocycles. The molecule has 0 spiro atoms. The normalized spacial score (nSPS) is 12.3. The van der Waals surface area contributed by atoms with Crippen molar-refractivity contribution in [1.29, 1.82) is 0 Å². The molecule has 0 bridgehead atoms. The van der Waals surface area contributed by atoms with Gasteiger partial charge in [-0.2, -0.15) is 0 Å². The summed E-state index contributed by atoms with van der Waals surface area (Å²) in [7, 11) is 0. The van der Waals surface area contributed by atoms with Crippen LogP contribution >= 0.6 is 0 Å². The fraction of sp³-hybridized carbons (Fsp3) is 0.833. The molecule has 0 saturated heterocycles. The van der Waals surface area contributed by atoms with E-state index in [1.54, 1.807) is 13.8 Å². The Morgan fingerprint density at radius 2 is 1.94 bits per heavy atom. The van der Waals surface area contributed by atoms with E-state index in [1.165, 1.54) is 0 Å². The van der Waals surface area contributed by atoms with E-state index in [-0.39, 0.29) is 12.5 Å². The van der Waals surface area contributed by atoms with Crippen LogP contribution in [0.1, 0.15) is 33.6 Å². The summed E-state index contributed by atoms with van der Waals surface area (Å²) in [6.45, 7) is 7.24. The number of carbonyl (C=O) groups excluding carboxylic acids is 2. The fourth-order valence-corrected chi connectivity index (χ4v) is 1.58. The maximum Gasteiger partial charge on any atom is 0.321 e. The number of aliphatic hydroxyl groups excluding tert-OH is 1. The molecule has 106 valence electrons. The molecule has 0 aliphatic heterocycles. The van der Waals surface area contributed by atoms with Crippen molar-refractivity contribution in [3.05, 3.63) is 0 Å². The Bertz CT molecular complexity index is 259. The second kappa shape index (κ2) is 9.85. The third-order valence-corrected chi connectivity index (χ3v) is 2.69. The first-order chi connectivity index (χ1) is 8.56. The van der Waals surface area contributed by atoms with Gasteiger partial charge in [0.2, 0.25) is 5.91 Å². The van der Waals surface area contributed by atoms with Gasteiger partial charge in [-0.05, 0) is 26.8 Å². The maximum absolute atomic E-state index is 11.8. The average molecular weight is 259 g/mol. The Hall–Kier alpha value is -1.14. The zero-order valence-corrected chi connectivity index (χ0v) is 11.5. The van der Waals surface area contributed by atoms with Crippen molar-refractivity contribution in [3.63, 3.8) is 0 Å². The minimum absolute atomic E-state index is 0.00247. The standard InChI is InChI=1S/C12H25N3O3/c1-4-6-7-15(8-9-16)10(3)11(17)14-12(18)13-5-2/h10,16H,4-9H2,1-3H3,(H2,13,14,17,18). The van der Waals surface area contributed by atoms with Gasteiger partial charge in [0.25, 0.3) is 0 Å². The largest absolute Gasteiger partial charge is 0.395 e.